The summed E-state index contributed by atoms with van der Waals surface area (Å²) in [6.07, 6.45) is 4.89. The van der Waals surface area contributed by atoms with E-state index in [1.807, 2.05) is 0 Å². The SMILES string of the molecule is N#Cc1cccn1-c1ccncn1. The molecule has 0 atom stereocenters. The van der Waals surface area contributed by atoms with Crippen LogP contribution >= 0.6 is 0 Å². The van der Waals surface area contributed by atoms with Crippen LogP contribution < -0.4 is 0 Å². The highest BCUT2D eigenvalue weighted by atomic mass is 15.1. The Balaban J connectivity index is 2.54. The Morgan fingerprint density at radius 1 is 1.38 bits per heavy atom. The van der Waals surface area contributed by atoms with E-state index < -0.39 is 0 Å². The Kier molecular flexibility index (Phi) is 1.77. The van der Waals surface area contributed by atoms with E-state index in [1.54, 1.807) is 35.2 Å². The molecule has 2 rings (SSSR count). The van der Waals surface area contributed by atoms with Crippen molar-refractivity contribution in [3.63, 3.8) is 0 Å². The largest absolute Gasteiger partial charge is 0.292 e. The van der Waals surface area contributed by atoms with Crippen LogP contribution in [0, 0.1) is 11.3 Å². The summed E-state index contributed by atoms with van der Waals surface area (Å²) in [6, 6.07) is 7.37. The Bertz CT molecular complexity index is 438. The maximum atomic E-state index is 8.75. The molecule has 4 heteroatoms. The van der Waals surface area contributed by atoms with Crippen LogP contribution in [0.1, 0.15) is 5.69 Å². The van der Waals surface area contributed by atoms with Crippen molar-refractivity contribution in [3.8, 4) is 11.9 Å². The summed E-state index contributed by atoms with van der Waals surface area (Å²) in [5, 5.41) is 8.75. The first-order valence-electron chi connectivity index (χ1n) is 3.75. The standard InChI is InChI=1S/C9H6N4/c10-6-8-2-1-5-13(8)9-3-4-11-7-12-9/h1-5,7H. The van der Waals surface area contributed by atoms with Gasteiger partial charge in [0.2, 0.25) is 0 Å². The minimum Gasteiger partial charge on any atom is -0.292 e. The van der Waals surface area contributed by atoms with Crippen LogP contribution in [0.2, 0.25) is 0 Å². The summed E-state index contributed by atoms with van der Waals surface area (Å²) in [5.41, 5.74) is 0.568. The molecule has 0 spiro atoms. The van der Waals surface area contributed by atoms with E-state index in [0.29, 0.717) is 11.5 Å². The van der Waals surface area contributed by atoms with E-state index in [4.69, 9.17) is 5.26 Å². The van der Waals surface area contributed by atoms with Gasteiger partial charge in [-0.2, -0.15) is 5.26 Å². The number of nitriles is 1. The molecule has 0 fully saturated rings. The van der Waals surface area contributed by atoms with Crippen LogP contribution in [0.15, 0.2) is 36.9 Å². The lowest BCUT2D eigenvalue weighted by Gasteiger charge is -2.00. The molecule has 0 unspecified atom stereocenters. The lowest BCUT2D eigenvalue weighted by Crippen LogP contribution is -1.97. The molecule has 0 radical (unpaired) electrons. The minimum absolute atomic E-state index is 0.568. The smallest absolute Gasteiger partial charge is 0.140 e. The lowest BCUT2D eigenvalue weighted by atomic mass is 10.4. The molecule has 0 aromatic carbocycles. The molecule has 0 aliphatic carbocycles. The molecule has 0 saturated heterocycles. The summed E-state index contributed by atoms with van der Waals surface area (Å²) in [6.45, 7) is 0. The summed E-state index contributed by atoms with van der Waals surface area (Å²) >= 11 is 0. The predicted molar refractivity (Wildman–Crippen MR) is 46.1 cm³/mol. The summed E-state index contributed by atoms with van der Waals surface area (Å²) < 4.78 is 1.71. The van der Waals surface area contributed by atoms with Crippen molar-refractivity contribution in [2.24, 2.45) is 0 Å². The first-order chi connectivity index (χ1) is 6.42. The quantitative estimate of drug-likeness (QED) is 0.644. The molecule has 4 nitrogen and oxygen atoms in total. The van der Waals surface area contributed by atoms with E-state index in [2.05, 4.69) is 16.0 Å². The zero-order valence-corrected chi connectivity index (χ0v) is 6.75. The highest BCUT2D eigenvalue weighted by Crippen LogP contribution is 2.07. The van der Waals surface area contributed by atoms with Crippen molar-refractivity contribution in [2.75, 3.05) is 0 Å². The van der Waals surface area contributed by atoms with E-state index in [9.17, 15) is 0 Å². The van der Waals surface area contributed by atoms with Crippen molar-refractivity contribution in [1.29, 1.82) is 5.26 Å². The molecule has 2 aromatic heterocycles. The molecule has 0 saturated carbocycles. The molecule has 0 aliphatic rings. The zero-order chi connectivity index (χ0) is 9.10. The van der Waals surface area contributed by atoms with Gasteiger partial charge >= 0.3 is 0 Å². The maximum Gasteiger partial charge on any atom is 0.140 e. The normalized spacial score (nSPS) is 9.46. The molecular formula is C9H6N4. The number of nitrogens with zero attached hydrogens (tertiary/aromatic N) is 4. The Morgan fingerprint density at radius 2 is 2.31 bits per heavy atom. The number of hydrogen-bond acceptors (Lipinski definition) is 3. The van der Waals surface area contributed by atoms with Crippen LogP contribution in [-0.2, 0) is 0 Å². The van der Waals surface area contributed by atoms with Gasteiger partial charge in [-0.05, 0) is 18.2 Å². The Hall–Kier alpha value is -2.15. The zero-order valence-electron chi connectivity index (χ0n) is 6.75. The van der Waals surface area contributed by atoms with E-state index >= 15 is 0 Å². The van der Waals surface area contributed by atoms with Gasteiger partial charge in [-0.25, -0.2) is 9.97 Å². The molecule has 0 aliphatic heterocycles. The number of aromatic nitrogens is 3. The third-order valence-corrected chi connectivity index (χ3v) is 1.68. The third kappa shape index (κ3) is 1.27. The highest BCUT2D eigenvalue weighted by molar-refractivity contribution is 5.32. The topological polar surface area (TPSA) is 54.5 Å². The molecular weight excluding hydrogens is 164 g/mol. The maximum absolute atomic E-state index is 8.75. The van der Waals surface area contributed by atoms with Crippen molar-refractivity contribution >= 4 is 0 Å². The minimum atomic E-state index is 0.568. The van der Waals surface area contributed by atoms with Gasteiger partial charge < -0.3 is 0 Å². The van der Waals surface area contributed by atoms with Gasteiger partial charge in [0.25, 0.3) is 0 Å². The van der Waals surface area contributed by atoms with Gasteiger partial charge in [-0.1, -0.05) is 0 Å². The average Bonchev–Trinajstić information content (AvgIpc) is 2.67. The average molecular weight is 170 g/mol. The molecule has 0 bridgehead atoms. The summed E-state index contributed by atoms with van der Waals surface area (Å²) in [7, 11) is 0. The predicted octanol–water partition coefficient (Wildman–Crippen LogP) is 1.14. The van der Waals surface area contributed by atoms with E-state index in [1.165, 1.54) is 6.33 Å². The molecule has 2 heterocycles. The van der Waals surface area contributed by atoms with Gasteiger partial charge in [-0.15, -0.1) is 0 Å². The van der Waals surface area contributed by atoms with Gasteiger partial charge in [0, 0.05) is 12.4 Å². The van der Waals surface area contributed by atoms with Gasteiger partial charge in [0.15, 0.2) is 0 Å². The summed E-state index contributed by atoms with van der Waals surface area (Å²) in [5.74, 6) is 0.705. The molecule has 2 aromatic rings. The fourth-order valence-corrected chi connectivity index (χ4v) is 1.10. The number of rotatable bonds is 1. The van der Waals surface area contributed by atoms with E-state index in [-0.39, 0.29) is 0 Å². The fourth-order valence-electron chi connectivity index (χ4n) is 1.10. The van der Waals surface area contributed by atoms with Crippen LogP contribution in [-0.4, -0.2) is 14.5 Å². The lowest BCUT2D eigenvalue weighted by molar-refractivity contribution is 0.967. The third-order valence-electron chi connectivity index (χ3n) is 1.68. The summed E-state index contributed by atoms with van der Waals surface area (Å²) in [4.78, 5) is 7.83. The first-order valence-corrected chi connectivity index (χ1v) is 3.75. The van der Waals surface area contributed by atoms with Gasteiger partial charge in [0.05, 0.1) is 0 Å². The second kappa shape index (κ2) is 3.07. The fraction of sp³-hybridized carbons (Fsp3) is 0. The molecule has 0 N–H and O–H groups in total. The highest BCUT2D eigenvalue weighted by Gasteiger charge is 2.01. The Morgan fingerprint density at radius 3 is 3.00 bits per heavy atom. The van der Waals surface area contributed by atoms with Crippen molar-refractivity contribution in [3.05, 3.63) is 42.6 Å². The number of hydrogen-bond donors (Lipinski definition) is 0. The first kappa shape index (κ1) is 7.50. The van der Waals surface area contributed by atoms with Gasteiger partial charge in [0.1, 0.15) is 23.9 Å². The second-order valence-corrected chi connectivity index (χ2v) is 2.44. The van der Waals surface area contributed by atoms with Crippen LogP contribution in [0.3, 0.4) is 0 Å². The van der Waals surface area contributed by atoms with Crippen molar-refractivity contribution < 1.29 is 0 Å². The monoisotopic (exact) mass is 170 g/mol. The second-order valence-electron chi connectivity index (χ2n) is 2.44. The van der Waals surface area contributed by atoms with Gasteiger partial charge in [-0.3, -0.25) is 4.57 Å². The van der Waals surface area contributed by atoms with Crippen molar-refractivity contribution in [1.82, 2.24) is 14.5 Å². The molecule has 13 heavy (non-hydrogen) atoms. The molecule has 62 valence electrons. The Labute approximate surface area is 75.1 Å². The van der Waals surface area contributed by atoms with Crippen LogP contribution in [0.25, 0.3) is 5.82 Å². The van der Waals surface area contributed by atoms with Crippen LogP contribution in [0.5, 0.6) is 0 Å². The van der Waals surface area contributed by atoms with Crippen molar-refractivity contribution in [2.45, 2.75) is 0 Å². The van der Waals surface area contributed by atoms with E-state index in [0.717, 1.165) is 0 Å². The van der Waals surface area contributed by atoms with Crippen LogP contribution in [0.4, 0.5) is 0 Å². The molecule has 0 amide bonds.